The average molecular weight is 217 g/mol. The summed E-state index contributed by atoms with van der Waals surface area (Å²) < 4.78 is 1.84. The van der Waals surface area contributed by atoms with Gasteiger partial charge in [0.15, 0.2) is 12.1 Å². The van der Waals surface area contributed by atoms with Crippen LogP contribution in [0.1, 0.15) is 17.0 Å². The van der Waals surface area contributed by atoms with E-state index in [1.54, 1.807) is 6.20 Å². The Hall–Kier alpha value is -0.640. The Balaban J connectivity index is 2.61. The van der Waals surface area contributed by atoms with Crippen molar-refractivity contribution in [3.8, 4) is 0 Å². The van der Waals surface area contributed by atoms with Gasteiger partial charge in [0.25, 0.3) is 0 Å². The van der Waals surface area contributed by atoms with Crippen LogP contribution in [0, 0.1) is 0 Å². The molecule has 0 spiro atoms. The Bertz CT molecular complexity index is 234. The van der Waals surface area contributed by atoms with Gasteiger partial charge < -0.3 is 4.57 Å². The molecule has 0 aromatic carbocycles. The Labute approximate surface area is 73.6 Å². The number of carbonyl (C=O) groups is 1. The normalized spacial score (nSPS) is 9.91. The van der Waals surface area contributed by atoms with Gasteiger partial charge in [-0.3, -0.25) is 4.79 Å². The van der Waals surface area contributed by atoms with Crippen molar-refractivity contribution in [2.75, 3.05) is 5.33 Å². The Morgan fingerprint density at radius 2 is 2.55 bits per heavy atom. The summed E-state index contributed by atoms with van der Waals surface area (Å²) in [6.07, 6.45) is 5.23. The lowest BCUT2D eigenvalue weighted by Gasteiger charge is -1.99. The molecule has 0 aliphatic heterocycles. The zero-order valence-electron chi connectivity index (χ0n) is 6.03. The molecule has 3 nitrogen and oxygen atoms in total. The number of hydrogen-bond donors (Lipinski definition) is 0. The van der Waals surface area contributed by atoms with Crippen LogP contribution in [0.2, 0.25) is 0 Å². The fourth-order valence-electron chi connectivity index (χ4n) is 0.858. The maximum Gasteiger partial charge on any atom is 0.185 e. The first-order chi connectivity index (χ1) is 5.38. The molecule has 11 heavy (non-hydrogen) atoms. The minimum atomic E-state index is 0.506. The van der Waals surface area contributed by atoms with Crippen LogP contribution >= 0.6 is 15.9 Å². The van der Waals surface area contributed by atoms with E-state index in [-0.39, 0.29) is 0 Å². The van der Waals surface area contributed by atoms with E-state index in [0.717, 1.165) is 24.6 Å². The zero-order valence-corrected chi connectivity index (χ0v) is 7.62. The van der Waals surface area contributed by atoms with Crippen LogP contribution in [-0.2, 0) is 6.54 Å². The largest absolute Gasteiger partial charge is 0.329 e. The number of hydrogen-bond acceptors (Lipinski definition) is 2. The summed E-state index contributed by atoms with van der Waals surface area (Å²) >= 11 is 3.32. The minimum absolute atomic E-state index is 0.506. The quantitative estimate of drug-likeness (QED) is 0.565. The Morgan fingerprint density at radius 1 is 1.73 bits per heavy atom. The van der Waals surface area contributed by atoms with Crippen LogP contribution in [-0.4, -0.2) is 21.2 Å². The summed E-state index contributed by atoms with van der Waals surface area (Å²) in [6.45, 7) is 0.847. The predicted octanol–water partition coefficient (Wildman–Crippen LogP) is 1.48. The van der Waals surface area contributed by atoms with Gasteiger partial charge in [0.2, 0.25) is 0 Å². The molecule has 1 aromatic heterocycles. The van der Waals surface area contributed by atoms with Crippen molar-refractivity contribution in [2.24, 2.45) is 0 Å². The van der Waals surface area contributed by atoms with Gasteiger partial charge in [-0.25, -0.2) is 4.98 Å². The molecular formula is C7H9BrN2O. The van der Waals surface area contributed by atoms with Crippen molar-refractivity contribution in [3.05, 3.63) is 18.2 Å². The molecule has 0 aliphatic rings. The van der Waals surface area contributed by atoms with Crippen molar-refractivity contribution in [3.63, 3.8) is 0 Å². The van der Waals surface area contributed by atoms with Gasteiger partial charge in [-0.15, -0.1) is 0 Å². The van der Waals surface area contributed by atoms with E-state index in [4.69, 9.17) is 0 Å². The standard InChI is InChI=1S/C7H9BrN2O/c8-2-1-4-10-5-3-9-7(10)6-11/h3,5-6H,1-2,4H2. The van der Waals surface area contributed by atoms with Gasteiger partial charge in [-0.1, -0.05) is 15.9 Å². The summed E-state index contributed by atoms with van der Waals surface area (Å²) in [6, 6.07) is 0. The maximum absolute atomic E-state index is 10.4. The molecule has 0 aliphatic carbocycles. The smallest absolute Gasteiger partial charge is 0.185 e. The lowest BCUT2D eigenvalue weighted by atomic mass is 10.4. The summed E-state index contributed by atoms with van der Waals surface area (Å²) in [4.78, 5) is 14.2. The molecule has 0 radical (unpaired) electrons. The number of carbonyl (C=O) groups excluding carboxylic acids is 1. The number of nitrogens with zero attached hydrogens (tertiary/aromatic N) is 2. The highest BCUT2D eigenvalue weighted by atomic mass is 79.9. The highest BCUT2D eigenvalue weighted by Crippen LogP contribution is 1.97. The van der Waals surface area contributed by atoms with Gasteiger partial charge in [0, 0.05) is 24.3 Å². The van der Waals surface area contributed by atoms with Crippen LogP contribution in [0.3, 0.4) is 0 Å². The number of rotatable bonds is 4. The molecule has 4 heteroatoms. The SMILES string of the molecule is O=Cc1nccn1CCCBr. The predicted molar refractivity (Wildman–Crippen MR) is 46.0 cm³/mol. The topological polar surface area (TPSA) is 34.9 Å². The first-order valence-corrected chi connectivity index (χ1v) is 4.53. The summed E-state index contributed by atoms with van der Waals surface area (Å²) in [5.74, 6) is 0.506. The summed E-state index contributed by atoms with van der Waals surface area (Å²) in [7, 11) is 0. The highest BCUT2D eigenvalue weighted by molar-refractivity contribution is 9.09. The maximum atomic E-state index is 10.4. The van der Waals surface area contributed by atoms with E-state index in [1.165, 1.54) is 0 Å². The monoisotopic (exact) mass is 216 g/mol. The molecule has 0 N–H and O–H groups in total. The average Bonchev–Trinajstić information content (AvgIpc) is 2.47. The third-order valence-electron chi connectivity index (χ3n) is 1.39. The number of alkyl halides is 1. The van der Waals surface area contributed by atoms with Gasteiger partial charge in [-0.05, 0) is 6.42 Å². The van der Waals surface area contributed by atoms with E-state index < -0.39 is 0 Å². The first kappa shape index (κ1) is 8.46. The zero-order chi connectivity index (χ0) is 8.10. The van der Waals surface area contributed by atoms with Crippen LogP contribution < -0.4 is 0 Å². The van der Waals surface area contributed by atoms with E-state index in [0.29, 0.717) is 5.82 Å². The number of aryl methyl sites for hydroxylation is 1. The first-order valence-electron chi connectivity index (χ1n) is 3.40. The van der Waals surface area contributed by atoms with Crippen LogP contribution in [0.4, 0.5) is 0 Å². The van der Waals surface area contributed by atoms with Crippen molar-refractivity contribution in [1.82, 2.24) is 9.55 Å². The third kappa shape index (κ3) is 2.15. The van der Waals surface area contributed by atoms with E-state index in [9.17, 15) is 4.79 Å². The van der Waals surface area contributed by atoms with Crippen molar-refractivity contribution >= 4 is 22.2 Å². The molecule has 0 atom stereocenters. The summed E-state index contributed by atoms with van der Waals surface area (Å²) in [5.41, 5.74) is 0. The van der Waals surface area contributed by atoms with Crippen LogP contribution in [0.15, 0.2) is 12.4 Å². The Morgan fingerprint density at radius 3 is 3.18 bits per heavy atom. The second kappa shape index (κ2) is 4.28. The van der Waals surface area contributed by atoms with Gasteiger partial charge in [0.05, 0.1) is 0 Å². The lowest BCUT2D eigenvalue weighted by Crippen LogP contribution is -2.02. The second-order valence-corrected chi connectivity index (χ2v) is 2.93. The van der Waals surface area contributed by atoms with Gasteiger partial charge >= 0.3 is 0 Å². The molecule has 60 valence electrons. The number of halogens is 1. The Kier molecular flexibility index (Phi) is 3.29. The minimum Gasteiger partial charge on any atom is -0.329 e. The van der Waals surface area contributed by atoms with Gasteiger partial charge in [0.1, 0.15) is 0 Å². The number of aromatic nitrogens is 2. The van der Waals surface area contributed by atoms with Crippen molar-refractivity contribution in [1.29, 1.82) is 0 Å². The molecule has 0 fully saturated rings. The van der Waals surface area contributed by atoms with Crippen molar-refractivity contribution < 1.29 is 4.79 Å². The third-order valence-corrected chi connectivity index (χ3v) is 1.95. The van der Waals surface area contributed by atoms with Crippen LogP contribution in [0.25, 0.3) is 0 Å². The molecule has 0 bridgehead atoms. The molecule has 1 heterocycles. The molecule has 0 saturated carbocycles. The molecule has 0 amide bonds. The molecule has 0 unspecified atom stereocenters. The number of aldehydes is 1. The second-order valence-electron chi connectivity index (χ2n) is 2.14. The van der Waals surface area contributed by atoms with Crippen LogP contribution in [0.5, 0.6) is 0 Å². The fraction of sp³-hybridized carbons (Fsp3) is 0.429. The summed E-state index contributed by atoms with van der Waals surface area (Å²) in [5, 5.41) is 0.948. The van der Waals surface area contributed by atoms with E-state index in [2.05, 4.69) is 20.9 Å². The molecular weight excluding hydrogens is 208 g/mol. The van der Waals surface area contributed by atoms with Crippen molar-refractivity contribution in [2.45, 2.75) is 13.0 Å². The van der Waals surface area contributed by atoms with E-state index >= 15 is 0 Å². The van der Waals surface area contributed by atoms with E-state index in [1.807, 2.05) is 10.8 Å². The highest BCUT2D eigenvalue weighted by Gasteiger charge is 1.98. The molecule has 0 saturated heterocycles. The molecule has 1 rings (SSSR count). The lowest BCUT2D eigenvalue weighted by molar-refractivity contribution is 0.111. The van der Waals surface area contributed by atoms with Gasteiger partial charge in [-0.2, -0.15) is 0 Å². The fourth-order valence-corrected chi connectivity index (χ4v) is 1.11. The molecule has 1 aromatic rings. The number of imidazole rings is 1.